The van der Waals surface area contributed by atoms with E-state index in [1.807, 2.05) is 11.3 Å². The van der Waals surface area contributed by atoms with Gasteiger partial charge in [0.2, 0.25) is 0 Å². The van der Waals surface area contributed by atoms with E-state index in [4.69, 9.17) is 5.73 Å². The zero-order valence-corrected chi connectivity index (χ0v) is 13.4. The minimum Gasteiger partial charge on any atom is -0.326 e. The first kappa shape index (κ1) is 13.7. The van der Waals surface area contributed by atoms with E-state index in [1.54, 1.807) is 0 Å². The smallest absolute Gasteiger partial charge is 0.0349 e. The quantitative estimate of drug-likeness (QED) is 0.923. The third-order valence-electron chi connectivity index (χ3n) is 5.45. The van der Waals surface area contributed by atoms with E-state index in [9.17, 15) is 0 Å². The van der Waals surface area contributed by atoms with Crippen molar-refractivity contribution in [2.75, 3.05) is 6.54 Å². The molecular formula is C18H24N2S. The Morgan fingerprint density at radius 1 is 1.14 bits per heavy atom. The number of benzene rings is 1. The monoisotopic (exact) mass is 300 g/mol. The van der Waals surface area contributed by atoms with Gasteiger partial charge in [-0.3, -0.25) is 4.90 Å². The van der Waals surface area contributed by atoms with Gasteiger partial charge in [-0.05, 0) is 48.7 Å². The lowest BCUT2D eigenvalue weighted by Crippen LogP contribution is -2.34. The van der Waals surface area contributed by atoms with E-state index in [-0.39, 0.29) is 0 Å². The molecular weight excluding hydrogens is 276 g/mol. The predicted molar refractivity (Wildman–Crippen MR) is 90.5 cm³/mol. The van der Waals surface area contributed by atoms with E-state index in [0.717, 1.165) is 18.5 Å². The van der Waals surface area contributed by atoms with Crippen molar-refractivity contribution in [3.8, 4) is 0 Å². The van der Waals surface area contributed by atoms with Crippen molar-refractivity contribution in [1.29, 1.82) is 0 Å². The average Bonchev–Trinajstić information content (AvgIpc) is 3.10. The molecule has 2 nitrogen and oxygen atoms in total. The summed E-state index contributed by atoms with van der Waals surface area (Å²) in [4.78, 5) is 4.13. The summed E-state index contributed by atoms with van der Waals surface area (Å²) < 4.78 is 1.40. The van der Waals surface area contributed by atoms with Crippen molar-refractivity contribution in [2.24, 2.45) is 11.7 Å². The van der Waals surface area contributed by atoms with E-state index >= 15 is 0 Å². The number of thiophene rings is 1. The second-order valence-electron chi connectivity index (χ2n) is 6.58. The van der Waals surface area contributed by atoms with Gasteiger partial charge in [-0.15, -0.1) is 11.3 Å². The van der Waals surface area contributed by atoms with Gasteiger partial charge in [-0.1, -0.05) is 31.0 Å². The highest BCUT2D eigenvalue weighted by atomic mass is 32.1. The van der Waals surface area contributed by atoms with Crippen molar-refractivity contribution < 1.29 is 0 Å². The van der Waals surface area contributed by atoms with Crippen LogP contribution in [0, 0.1) is 5.92 Å². The number of rotatable bonds is 3. The molecule has 3 heteroatoms. The lowest BCUT2D eigenvalue weighted by atomic mass is 9.85. The van der Waals surface area contributed by atoms with Crippen LogP contribution in [-0.2, 0) is 13.1 Å². The predicted octanol–water partition coefficient (Wildman–Crippen LogP) is 4.12. The van der Waals surface area contributed by atoms with Crippen LogP contribution < -0.4 is 5.73 Å². The van der Waals surface area contributed by atoms with Crippen molar-refractivity contribution >= 4 is 21.4 Å². The molecule has 1 saturated carbocycles. The molecule has 112 valence electrons. The van der Waals surface area contributed by atoms with Gasteiger partial charge in [0.1, 0.15) is 0 Å². The van der Waals surface area contributed by atoms with Gasteiger partial charge in [0.15, 0.2) is 0 Å². The Hall–Kier alpha value is -0.900. The Balaban J connectivity index is 1.64. The minimum atomic E-state index is 0.677. The van der Waals surface area contributed by atoms with E-state index in [2.05, 4.69) is 29.2 Å². The average molecular weight is 300 g/mol. The van der Waals surface area contributed by atoms with Crippen LogP contribution in [-0.4, -0.2) is 17.5 Å². The highest BCUT2D eigenvalue weighted by molar-refractivity contribution is 7.19. The lowest BCUT2D eigenvalue weighted by Gasteiger charge is -2.31. The summed E-state index contributed by atoms with van der Waals surface area (Å²) in [6.07, 6.45) is 7.14. The molecule has 2 aromatic rings. The maximum atomic E-state index is 6.01. The molecule has 2 atom stereocenters. The lowest BCUT2D eigenvalue weighted by molar-refractivity contribution is 0.176. The van der Waals surface area contributed by atoms with Gasteiger partial charge in [0.05, 0.1) is 0 Å². The zero-order chi connectivity index (χ0) is 14.2. The molecule has 2 fully saturated rings. The molecule has 1 aliphatic heterocycles. The van der Waals surface area contributed by atoms with Crippen LogP contribution >= 0.6 is 11.3 Å². The largest absolute Gasteiger partial charge is 0.326 e. The molecule has 1 aromatic heterocycles. The second kappa shape index (κ2) is 5.71. The Bertz CT molecular complexity index is 633. The number of nitrogens with two attached hydrogens (primary N) is 1. The molecule has 0 spiro atoms. The van der Waals surface area contributed by atoms with Crippen LogP contribution in [0.3, 0.4) is 0 Å². The summed E-state index contributed by atoms with van der Waals surface area (Å²) in [5.41, 5.74) is 7.52. The summed E-state index contributed by atoms with van der Waals surface area (Å²) >= 11 is 1.88. The van der Waals surface area contributed by atoms with E-state index in [0.29, 0.717) is 6.54 Å². The molecule has 2 unspecified atom stereocenters. The molecule has 4 rings (SSSR count). The van der Waals surface area contributed by atoms with Crippen LogP contribution in [0.4, 0.5) is 0 Å². The molecule has 0 amide bonds. The molecule has 0 radical (unpaired) electrons. The van der Waals surface area contributed by atoms with Crippen LogP contribution in [0.15, 0.2) is 24.3 Å². The summed E-state index contributed by atoms with van der Waals surface area (Å²) in [6, 6.07) is 9.63. The number of fused-ring (bicyclic) bond motifs is 2. The summed E-state index contributed by atoms with van der Waals surface area (Å²) in [5, 5.41) is 1.43. The fourth-order valence-electron chi connectivity index (χ4n) is 4.39. The van der Waals surface area contributed by atoms with Gasteiger partial charge >= 0.3 is 0 Å². The summed E-state index contributed by atoms with van der Waals surface area (Å²) in [5.74, 6) is 0.963. The maximum absolute atomic E-state index is 6.01. The minimum absolute atomic E-state index is 0.677. The Morgan fingerprint density at radius 2 is 2.00 bits per heavy atom. The molecule has 1 aromatic carbocycles. The highest BCUT2D eigenvalue weighted by Crippen LogP contribution is 2.39. The topological polar surface area (TPSA) is 29.3 Å². The molecule has 1 aliphatic carbocycles. The summed E-state index contributed by atoms with van der Waals surface area (Å²) in [7, 11) is 0. The van der Waals surface area contributed by atoms with Crippen molar-refractivity contribution in [3.63, 3.8) is 0 Å². The first-order valence-electron chi connectivity index (χ1n) is 8.30. The number of hydrogen-bond donors (Lipinski definition) is 1. The third kappa shape index (κ3) is 2.41. The van der Waals surface area contributed by atoms with Crippen molar-refractivity contribution in [2.45, 2.75) is 51.2 Å². The zero-order valence-electron chi connectivity index (χ0n) is 12.6. The fraction of sp³-hybridized carbons (Fsp3) is 0.556. The molecule has 2 aliphatic rings. The van der Waals surface area contributed by atoms with Crippen LogP contribution in [0.1, 0.15) is 42.5 Å². The molecule has 1 saturated heterocycles. The molecule has 0 bridgehead atoms. The Morgan fingerprint density at radius 3 is 2.90 bits per heavy atom. The van der Waals surface area contributed by atoms with Crippen molar-refractivity contribution in [3.05, 3.63) is 34.7 Å². The Labute approximate surface area is 130 Å². The van der Waals surface area contributed by atoms with Crippen molar-refractivity contribution in [1.82, 2.24) is 4.90 Å². The van der Waals surface area contributed by atoms with Crippen LogP contribution in [0.25, 0.3) is 10.1 Å². The third-order valence-corrected chi connectivity index (χ3v) is 6.69. The van der Waals surface area contributed by atoms with Gasteiger partial charge in [-0.2, -0.15) is 0 Å². The number of hydrogen-bond acceptors (Lipinski definition) is 3. The standard InChI is InChI=1S/C18H24N2S/c19-11-18-15(14-6-2-4-8-17(14)21-18)12-20-10-9-13-5-1-3-7-16(13)20/h2,4,6,8,13,16H,1,3,5,7,9-12,19H2. The molecule has 2 heterocycles. The van der Waals surface area contributed by atoms with Gasteiger partial charge in [0, 0.05) is 28.7 Å². The van der Waals surface area contributed by atoms with Gasteiger partial charge in [0.25, 0.3) is 0 Å². The van der Waals surface area contributed by atoms with Gasteiger partial charge in [-0.25, -0.2) is 0 Å². The number of likely N-dealkylation sites (tertiary alicyclic amines) is 1. The van der Waals surface area contributed by atoms with Crippen LogP contribution in [0.5, 0.6) is 0 Å². The SMILES string of the molecule is NCc1sc2ccccc2c1CN1CCC2CCCCC21. The summed E-state index contributed by atoms with van der Waals surface area (Å²) in [6.45, 7) is 3.07. The number of nitrogens with zero attached hydrogens (tertiary/aromatic N) is 1. The molecule has 2 N–H and O–H groups in total. The van der Waals surface area contributed by atoms with Crippen LogP contribution in [0.2, 0.25) is 0 Å². The normalized spacial score (nSPS) is 26.3. The second-order valence-corrected chi connectivity index (χ2v) is 7.71. The van der Waals surface area contributed by atoms with E-state index < -0.39 is 0 Å². The van der Waals surface area contributed by atoms with Gasteiger partial charge < -0.3 is 5.73 Å². The fourth-order valence-corrected chi connectivity index (χ4v) is 5.48. The highest BCUT2D eigenvalue weighted by Gasteiger charge is 2.35. The first-order chi connectivity index (χ1) is 10.4. The molecule has 21 heavy (non-hydrogen) atoms. The maximum Gasteiger partial charge on any atom is 0.0349 e. The van der Waals surface area contributed by atoms with E-state index in [1.165, 1.54) is 59.2 Å². The first-order valence-corrected chi connectivity index (χ1v) is 9.12. The Kier molecular flexibility index (Phi) is 3.74.